The zero-order chi connectivity index (χ0) is 14.0. The molecule has 4 heteroatoms. The van der Waals surface area contributed by atoms with Gasteiger partial charge in [0.2, 0.25) is 0 Å². The van der Waals surface area contributed by atoms with Gasteiger partial charge in [-0.05, 0) is 49.9 Å². The third kappa shape index (κ3) is 3.01. The molecule has 3 atom stereocenters. The van der Waals surface area contributed by atoms with Crippen LogP contribution in [-0.4, -0.2) is 34.2 Å². The predicted molar refractivity (Wildman–Crippen MR) is 76.1 cm³/mol. The summed E-state index contributed by atoms with van der Waals surface area (Å²) in [6, 6.07) is 5.31. The van der Waals surface area contributed by atoms with Gasteiger partial charge in [-0.2, -0.15) is 0 Å². The summed E-state index contributed by atoms with van der Waals surface area (Å²) in [6.45, 7) is 6.02. The van der Waals surface area contributed by atoms with E-state index in [0.29, 0.717) is 18.5 Å². The first-order chi connectivity index (χ1) is 9.02. The van der Waals surface area contributed by atoms with Crippen LogP contribution >= 0.6 is 0 Å². The maximum Gasteiger partial charge on any atom is 0.119 e. The number of likely N-dealkylation sites (tertiary alicyclic amines) is 1. The molecule has 0 radical (unpaired) electrons. The highest BCUT2D eigenvalue weighted by molar-refractivity contribution is 5.38. The van der Waals surface area contributed by atoms with Gasteiger partial charge in [0.1, 0.15) is 11.5 Å². The minimum absolute atomic E-state index is 0.108. The molecule has 2 rings (SSSR count). The van der Waals surface area contributed by atoms with E-state index in [4.69, 9.17) is 5.73 Å². The quantitative estimate of drug-likeness (QED) is 0.783. The van der Waals surface area contributed by atoms with E-state index >= 15 is 0 Å². The Morgan fingerprint density at radius 1 is 1.32 bits per heavy atom. The van der Waals surface area contributed by atoms with Crippen LogP contribution < -0.4 is 5.73 Å². The number of nitrogens with zero attached hydrogens (tertiary/aromatic N) is 1. The van der Waals surface area contributed by atoms with Crippen molar-refractivity contribution in [2.75, 3.05) is 13.1 Å². The highest BCUT2D eigenvalue weighted by atomic mass is 16.3. The molecule has 1 heterocycles. The highest BCUT2D eigenvalue weighted by Crippen LogP contribution is 2.33. The molecule has 19 heavy (non-hydrogen) atoms. The summed E-state index contributed by atoms with van der Waals surface area (Å²) in [5.74, 6) is 0.805. The van der Waals surface area contributed by atoms with Crippen LogP contribution in [0.25, 0.3) is 0 Å². The standard InChI is InChI=1S/C15H24N2O2/c1-10-4-3-5-17(15(10)9-16)11(2)12-6-13(18)8-14(19)7-12/h6-8,10-11,15,18-19H,3-5,9,16H2,1-2H3. The lowest BCUT2D eigenvalue weighted by Crippen LogP contribution is -2.49. The Bertz CT molecular complexity index is 416. The lowest BCUT2D eigenvalue weighted by molar-refractivity contribution is 0.0688. The van der Waals surface area contributed by atoms with Gasteiger partial charge in [0.25, 0.3) is 0 Å². The Morgan fingerprint density at radius 3 is 2.53 bits per heavy atom. The van der Waals surface area contributed by atoms with E-state index in [-0.39, 0.29) is 17.5 Å². The van der Waals surface area contributed by atoms with Gasteiger partial charge in [-0.1, -0.05) is 6.92 Å². The van der Waals surface area contributed by atoms with Gasteiger partial charge >= 0.3 is 0 Å². The first kappa shape index (κ1) is 14.2. The van der Waals surface area contributed by atoms with Gasteiger partial charge in [-0.15, -0.1) is 0 Å². The molecule has 106 valence electrons. The fraction of sp³-hybridized carbons (Fsp3) is 0.600. The van der Waals surface area contributed by atoms with Gasteiger partial charge in [0.05, 0.1) is 0 Å². The van der Waals surface area contributed by atoms with Gasteiger partial charge in [-0.25, -0.2) is 0 Å². The lowest BCUT2D eigenvalue weighted by Gasteiger charge is -2.43. The Kier molecular flexibility index (Phi) is 4.32. The smallest absolute Gasteiger partial charge is 0.119 e. The van der Waals surface area contributed by atoms with Gasteiger partial charge in [0, 0.05) is 24.7 Å². The molecule has 0 aromatic heterocycles. The summed E-state index contributed by atoms with van der Waals surface area (Å²) in [5.41, 5.74) is 6.85. The number of hydrogen-bond acceptors (Lipinski definition) is 4. The predicted octanol–water partition coefficient (Wildman–Crippen LogP) is 2.22. The number of aromatic hydroxyl groups is 2. The molecule has 4 N–H and O–H groups in total. The van der Waals surface area contributed by atoms with E-state index in [1.165, 1.54) is 18.9 Å². The topological polar surface area (TPSA) is 69.7 Å². The third-order valence-corrected chi connectivity index (χ3v) is 4.30. The van der Waals surface area contributed by atoms with Gasteiger partial charge in [-0.3, -0.25) is 4.90 Å². The normalized spacial score (nSPS) is 26.3. The number of nitrogens with two attached hydrogens (primary N) is 1. The Labute approximate surface area is 114 Å². The number of benzene rings is 1. The van der Waals surface area contributed by atoms with Crippen molar-refractivity contribution >= 4 is 0 Å². The molecule has 1 aromatic rings. The largest absolute Gasteiger partial charge is 0.508 e. The van der Waals surface area contributed by atoms with Gasteiger partial charge in [0.15, 0.2) is 0 Å². The maximum absolute atomic E-state index is 9.61. The van der Waals surface area contributed by atoms with E-state index in [9.17, 15) is 10.2 Å². The second kappa shape index (κ2) is 5.80. The molecular formula is C15H24N2O2. The molecule has 1 aliphatic rings. The third-order valence-electron chi connectivity index (χ3n) is 4.30. The molecule has 4 nitrogen and oxygen atoms in total. The van der Waals surface area contributed by atoms with Gasteiger partial charge < -0.3 is 15.9 Å². The number of hydrogen-bond donors (Lipinski definition) is 3. The van der Waals surface area contributed by atoms with Crippen LogP contribution in [0.15, 0.2) is 18.2 Å². The van der Waals surface area contributed by atoms with Crippen LogP contribution in [0.4, 0.5) is 0 Å². The van der Waals surface area contributed by atoms with Crippen LogP contribution in [0.1, 0.15) is 38.3 Å². The van der Waals surface area contributed by atoms with Crippen LogP contribution in [0.3, 0.4) is 0 Å². The van der Waals surface area contributed by atoms with Crippen molar-refractivity contribution < 1.29 is 10.2 Å². The average Bonchev–Trinajstić information content (AvgIpc) is 2.36. The van der Waals surface area contributed by atoms with E-state index < -0.39 is 0 Å². The number of phenolic OH excluding ortho intramolecular Hbond substituents is 2. The minimum atomic E-state index is 0.108. The number of piperidine rings is 1. The van der Waals surface area contributed by atoms with Crippen molar-refractivity contribution in [2.24, 2.45) is 11.7 Å². The number of phenols is 2. The Hall–Kier alpha value is -1.26. The molecule has 0 saturated carbocycles. The minimum Gasteiger partial charge on any atom is -0.508 e. The first-order valence-electron chi connectivity index (χ1n) is 7.01. The van der Waals surface area contributed by atoms with Crippen molar-refractivity contribution in [2.45, 2.75) is 38.8 Å². The molecule has 0 spiro atoms. The fourth-order valence-corrected chi connectivity index (χ4v) is 3.18. The summed E-state index contributed by atoms with van der Waals surface area (Å²) in [6.07, 6.45) is 2.39. The summed E-state index contributed by atoms with van der Waals surface area (Å²) >= 11 is 0. The summed E-state index contributed by atoms with van der Waals surface area (Å²) < 4.78 is 0. The molecule has 0 amide bonds. The fourth-order valence-electron chi connectivity index (χ4n) is 3.18. The highest BCUT2D eigenvalue weighted by Gasteiger charge is 2.31. The van der Waals surface area contributed by atoms with Crippen molar-refractivity contribution in [1.29, 1.82) is 0 Å². The monoisotopic (exact) mass is 264 g/mol. The Balaban J connectivity index is 2.23. The molecule has 3 unspecified atom stereocenters. The zero-order valence-corrected chi connectivity index (χ0v) is 11.7. The van der Waals surface area contributed by atoms with E-state index in [0.717, 1.165) is 12.1 Å². The SMILES string of the molecule is CC1CCCN(C(C)c2cc(O)cc(O)c2)C1CN. The van der Waals surface area contributed by atoms with Crippen molar-refractivity contribution in [3.8, 4) is 11.5 Å². The average molecular weight is 264 g/mol. The molecule has 1 fully saturated rings. The lowest BCUT2D eigenvalue weighted by atomic mass is 9.88. The summed E-state index contributed by atoms with van der Waals surface area (Å²) in [4.78, 5) is 2.39. The van der Waals surface area contributed by atoms with Crippen molar-refractivity contribution in [1.82, 2.24) is 4.90 Å². The maximum atomic E-state index is 9.61. The van der Waals surface area contributed by atoms with Crippen molar-refractivity contribution in [3.63, 3.8) is 0 Å². The van der Waals surface area contributed by atoms with E-state index in [1.54, 1.807) is 12.1 Å². The van der Waals surface area contributed by atoms with Crippen LogP contribution in [0, 0.1) is 5.92 Å². The number of rotatable bonds is 3. The zero-order valence-electron chi connectivity index (χ0n) is 11.7. The molecule has 0 aliphatic carbocycles. The molecule has 1 saturated heterocycles. The van der Waals surface area contributed by atoms with Crippen molar-refractivity contribution in [3.05, 3.63) is 23.8 Å². The molecule has 0 bridgehead atoms. The van der Waals surface area contributed by atoms with Crippen LogP contribution in [0.2, 0.25) is 0 Å². The molecule has 1 aliphatic heterocycles. The van der Waals surface area contributed by atoms with Crippen LogP contribution in [-0.2, 0) is 0 Å². The summed E-state index contributed by atoms with van der Waals surface area (Å²) in [7, 11) is 0. The Morgan fingerprint density at radius 2 is 1.95 bits per heavy atom. The summed E-state index contributed by atoms with van der Waals surface area (Å²) in [5, 5.41) is 19.2. The van der Waals surface area contributed by atoms with Crippen LogP contribution in [0.5, 0.6) is 11.5 Å². The first-order valence-corrected chi connectivity index (χ1v) is 7.01. The second-order valence-electron chi connectivity index (χ2n) is 5.62. The second-order valence-corrected chi connectivity index (χ2v) is 5.62. The molecular weight excluding hydrogens is 240 g/mol. The molecule has 1 aromatic carbocycles. The van der Waals surface area contributed by atoms with E-state index in [1.807, 2.05) is 0 Å². The van der Waals surface area contributed by atoms with E-state index in [2.05, 4.69) is 18.7 Å².